The van der Waals surface area contributed by atoms with Crippen LogP contribution < -0.4 is 4.74 Å². The van der Waals surface area contributed by atoms with Gasteiger partial charge in [0, 0.05) is 0 Å². The van der Waals surface area contributed by atoms with Crippen LogP contribution in [0, 0.1) is 0 Å². The van der Waals surface area contributed by atoms with Gasteiger partial charge in [0.2, 0.25) is 0 Å². The Kier molecular flexibility index (Phi) is 22.0. The molecule has 0 aromatic heterocycles. The molecule has 0 aliphatic heterocycles. The van der Waals surface area contributed by atoms with Crippen molar-refractivity contribution in [2.24, 2.45) is 0 Å². The van der Waals surface area contributed by atoms with Crippen molar-refractivity contribution in [3.63, 3.8) is 0 Å². The third-order valence-electron chi connectivity index (χ3n) is 0.979. The third-order valence-corrected chi connectivity index (χ3v) is 0.979. The van der Waals surface area contributed by atoms with Crippen LogP contribution in [0.25, 0.3) is 10.8 Å². The van der Waals surface area contributed by atoms with Crippen LogP contribution in [0.2, 0.25) is 0 Å². The van der Waals surface area contributed by atoms with Gasteiger partial charge in [-0.1, -0.05) is 25.6 Å². The fourth-order valence-electron chi connectivity index (χ4n) is 0.557. The van der Waals surface area contributed by atoms with Gasteiger partial charge in [-0.15, -0.1) is 0 Å². The molecule has 0 amide bonds. The quantitative estimate of drug-likeness (QED) is 0.523. The van der Waals surface area contributed by atoms with E-state index in [1.54, 1.807) is 7.11 Å². The molecule has 1 aromatic carbocycles. The second-order valence-electron chi connectivity index (χ2n) is 1.70. The summed E-state index contributed by atoms with van der Waals surface area (Å²) in [7, 11) is 1.66. The first kappa shape index (κ1) is 18.5. The van der Waals surface area contributed by atoms with E-state index in [0.29, 0.717) is 12.2 Å². The minimum absolute atomic E-state index is 0. The van der Waals surface area contributed by atoms with E-state index in [2.05, 4.69) is 0 Å². The normalized spacial score (nSPS) is 5.67. The Morgan fingerprint density at radius 1 is 1.07 bits per heavy atom. The number of ether oxygens (including phenoxy) is 1. The molecule has 0 bridgehead atoms. The second-order valence-corrected chi connectivity index (χ2v) is 1.70. The summed E-state index contributed by atoms with van der Waals surface area (Å²) < 4.78 is 4.91. The summed E-state index contributed by atoms with van der Waals surface area (Å²) in [5.41, 5.74) is 0. The van der Waals surface area contributed by atoms with Crippen LogP contribution in [-0.4, -0.2) is 19.3 Å². The van der Waals surface area contributed by atoms with E-state index in [9.17, 15) is 0 Å². The van der Waals surface area contributed by atoms with Gasteiger partial charge in [-0.25, -0.2) is 0 Å². The van der Waals surface area contributed by atoms with Crippen molar-refractivity contribution in [3.8, 4) is 5.75 Å². The molecule has 15 heavy (non-hydrogen) atoms. The first-order valence-corrected chi connectivity index (χ1v) is 3.38. The van der Waals surface area contributed by atoms with E-state index < -0.39 is 0 Å². The first-order chi connectivity index (χ1) is 6.76. The van der Waals surface area contributed by atoms with E-state index in [0.717, 1.165) is 5.75 Å². The highest BCUT2D eigenvalue weighted by Crippen LogP contribution is 2.05. The van der Waals surface area contributed by atoms with E-state index in [-0.39, 0.29) is 7.43 Å². The molecule has 1 rings (SSSR count). The van der Waals surface area contributed by atoms with Crippen molar-refractivity contribution in [1.29, 1.82) is 0 Å². The maximum atomic E-state index is 8.24. The van der Waals surface area contributed by atoms with Crippen LogP contribution in [-0.2, 0) is 9.59 Å². The lowest BCUT2D eigenvalue weighted by Crippen LogP contribution is -1.78. The van der Waals surface area contributed by atoms with Crippen LogP contribution in [0.15, 0.2) is 30.3 Å². The highest BCUT2D eigenvalue weighted by atomic mass is 16.5. The van der Waals surface area contributed by atoms with Crippen molar-refractivity contribution in [1.82, 2.24) is 0 Å². The van der Waals surface area contributed by atoms with Gasteiger partial charge in [0.25, 0.3) is 0 Å². The summed E-state index contributed by atoms with van der Waals surface area (Å²) in [6.07, 6.45) is 1.00. The first-order valence-electron chi connectivity index (χ1n) is 3.38. The van der Waals surface area contributed by atoms with Crippen LogP contribution >= 0.6 is 0 Å². The van der Waals surface area contributed by atoms with Gasteiger partial charge in [0.15, 0.2) is 0 Å². The summed E-state index contributed by atoms with van der Waals surface area (Å²) in [4.78, 5) is 16.5. The van der Waals surface area contributed by atoms with Crippen molar-refractivity contribution >= 4 is 12.2 Å². The number of isocyanates is 2. The Morgan fingerprint density at radius 2 is 1.40 bits per heavy atom. The fraction of sp³-hybridized carbons (Fsp3) is 0.200. The minimum atomic E-state index is 0. The molecule has 0 saturated carbocycles. The van der Waals surface area contributed by atoms with Gasteiger partial charge >= 0.3 is 0 Å². The molecule has 0 N–H and O–H groups in total. The molecule has 0 aliphatic carbocycles. The van der Waals surface area contributed by atoms with Gasteiger partial charge in [0.1, 0.15) is 5.75 Å². The van der Waals surface area contributed by atoms with E-state index in [1.807, 2.05) is 30.3 Å². The summed E-state index contributed by atoms with van der Waals surface area (Å²) in [6.45, 7) is 0. The zero-order valence-corrected chi connectivity index (χ0v) is 7.51. The van der Waals surface area contributed by atoms with Crippen LogP contribution in [0.1, 0.15) is 7.43 Å². The Balaban J connectivity index is -0.000000177. The zero-order chi connectivity index (χ0) is 11.2. The molecule has 0 heterocycles. The van der Waals surface area contributed by atoms with Gasteiger partial charge < -0.3 is 15.6 Å². The molecule has 0 saturated heterocycles. The summed E-state index contributed by atoms with van der Waals surface area (Å²) in [5.74, 6) is 0.910. The molecule has 0 fully saturated rings. The van der Waals surface area contributed by atoms with Crippen LogP contribution in [0.4, 0.5) is 0 Å². The average Bonchev–Trinajstić information content (AvgIpc) is 2.21. The Bertz CT molecular complexity index is 275. The topological polar surface area (TPSA) is 88.0 Å². The molecule has 1 aromatic rings. The lowest BCUT2D eigenvalue weighted by Gasteiger charge is -1.93. The number of benzene rings is 1. The van der Waals surface area contributed by atoms with Crippen molar-refractivity contribution in [2.75, 3.05) is 7.11 Å². The molecule has 5 heteroatoms. The Hall–Kier alpha value is -2.22. The van der Waals surface area contributed by atoms with Crippen molar-refractivity contribution < 1.29 is 14.3 Å². The minimum Gasteiger partial charge on any atom is -0.724 e. The summed E-state index contributed by atoms with van der Waals surface area (Å²) in [5, 5.41) is 13.5. The number of rotatable bonds is 1. The van der Waals surface area contributed by atoms with Crippen molar-refractivity contribution in [3.05, 3.63) is 41.2 Å². The summed E-state index contributed by atoms with van der Waals surface area (Å²) >= 11 is 0. The number of nitrogens with zero attached hydrogens (tertiary/aromatic N) is 2. The number of hydrogen-bond donors (Lipinski definition) is 0. The average molecular weight is 208 g/mol. The fourth-order valence-corrected chi connectivity index (χ4v) is 0.557. The Morgan fingerprint density at radius 3 is 1.60 bits per heavy atom. The third kappa shape index (κ3) is 18.6. The Labute approximate surface area is 88.7 Å². The summed E-state index contributed by atoms with van der Waals surface area (Å²) in [6, 6.07) is 9.68. The van der Waals surface area contributed by atoms with Crippen LogP contribution in [0.3, 0.4) is 0 Å². The maximum Gasteiger partial charge on any atom is 0.118 e. The van der Waals surface area contributed by atoms with E-state index in [4.69, 9.17) is 25.1 Å². The zero-order valence-electron chi connectivity index (χ0n) is 7.51. The van der Waals surface area contributed by atoms with E-state index in [1.165, 1.54) is 0 Å². The molecule has 0 spiro atoms. The number of carbonyl (C=O) groups excluding carboxylic acids is 2. The molecule has 82 valence electrons. The van der Waals surface area contributed by atoms with Crippen molar-refractivity contribution in [2.45, 2.75) is 7.43 Å². The highest BCUT2D eigenvalue weighted by molar-refractivity contribution is 5.37. The SMILES string of the molecule is C.COc1ccccc1.[N-]=C=O.[N-]=C=O. The monoisotopic (exact) mass is 208 g/mol. The number of hydrogen-bond acceptors (Lipinski definition) is 3. The predicted molar refractivity (Wildman–Crippen MR) is 57.8 cm³/mol. The maximum absolute atomic E-state index is 8.24. The molecular formula is C10H12N2O3-2. The van der Waals surface area contributed by atoms with Gasteiger partial charge in [-0.3, -0.25) is 9.59 Å². The number of methoxy groups -OCH3 is 1. The molecule has 5 nitrogen and oxygen atoms in total. The van der Waals surface area contributed by atoms with Crippen LogP contribution in [0.5, 0.6) is 5.75 Å². The van der Waals surface area contributed by atoms with Gasteiger partial charge in [0.05, 0.1) is 7.11 Å². The molecule has 0 unspecified atom stereocenters. The van der Waals surface area contributed by atoms with Gasteiger partial charge in [-0.05, 0) is 24.3 Å². The largest absolute Gasteiger partial charge is 0.724 e. The standard InChI is InChI=1S/C7H8O.2CNO.CH4/c1-8-7-5-3-2-4-6-7;2*2-1-3;/h2-6H,1H3;;;1H4/q;2*-1;. The molecular weight excluding hydrogens is 196 g/mol. The van der Waals surface area contributed by atoms with E-state index >= 15 is 0 Å². The highest BCUT2D eigenvalue weighted by Gasteiger charge is 1.80. The molecule has 0 radical (unpaired) electrons. The molecule has 0 aliphatic rings. The smallest absolute Gasteiger partial charge is 0.118 e. The lowest BCUT2D eigenvalue weighted by molar-refractivity contribution is 0.415. The molecule has 0 atom stereocenters. The van der Waals surface area contributed by atoms with Gasteiger partial charge in [-0.2, -0.15) is 0 Å². The predicted octanol–water partition coefficient (Wildman–Crippen LogP) is 2.11. The number of para-hydroxylation sites is 1. The second kappa shape index (κ2) is 17.8. The lowest BCUT2D eigenvalue weighted by atomic mass is 10.3.